The summed E-state index contributed by atoms with van der Waals surface area (Å²) >= 11 is 0. The number of amides is 3. The van der Waals surface area contributed by atoms with Gasteiger partial charge in [-0.25, -0.2) is 0 Å². The van der Waals surface area contributed by atoms with Gasteiger partial charge in [0.05, 0.1) is 13.5 Å². The molecule has 7 nitrogen and oxygen atoms in total. The van der Waals surface area contributed by atoms with Crippen LogP contribution in [0.3, 0.4) is 0 Å². The monoisotopic (exact) mass is 481 g/mol. The standard InChI is InChI=1S/C28H39N3O4/c1-35-24-5-3-2-4-22(24)15-26(33)31-10-7-23(8-11-31)30-25(32)6-9-29-27(34)28-16-19-12-20(17-28)14-21(13-19)18-28/h2-5,19-21,23H,6-18H2,1H3,(H,29,34)(H,30,32). The average molecular weight is 482 g/mol. The highest BCUT2D eigenvalue weighted by Gasteiger charge is 2.54. The maximum atomic E-state index is 13.1. The lowest BCUT2D eigenvalue weighted by atomic mass is 9.49. The number of nitrogens with zero attached hydrogens (tertiary/aromatic N) is 1. The molecular weight excluding hydrogens is 442 g/mol. The second-order valence-corrected chi connectivity index (χ2v) is 11.4. The number of hydrogen-bond acceptors (Lipinski definition) is 4. The molecule has 1 saturated heterocycles. The zero-order chi connectivity index (χ0) is 24.4. The quantitative estimate of drug-likeness (QED) is 0.597. The van der Waals surface area contributed by atoms with Crippen LogP contribution in [0.25, 0.3) is 0 Å². The Morgan fingerprint density at radius 1 is 1.00 bits per heavy atom. The Balaban J connectivity index is 1.01. The molecule has 2 N–H and O–H groups in total. The van der Waals surface area contributed by atoms with E-state index in [0.717, 1.165) is 61.2 Å². The molecule has 5 aliphatic rings. The van der Waals surface area contributed by atoms with Crippen molar-refractivity contribution in [3.63, 3.8) is 0 Å². The van der Waals surface area contributed by atoms with E-state index in [2.05, 4.69) is 10.6 Å². The van der Waals surface area contributed by atoms with E-state index in [0.29, 0.717) is 32.5 Å². The van der Waals surface area contributed by atoms with Crippen LogP contribution >= 0.6 is 0 Å². The van der Waals surface area contributed by atoms with Gasteiger partial charge in [0.2, 0.25) is 17.7 Å². The predicted molar refractivity (Wildman–Crippen MR) is 133 cm³/mol. The van der Waals surface area contributed by atoms with Gasteiger partial charge in [0.1, 0.15) is 5.75 Å². The summed E-state index contributed by atoms with van der Waals surface area (Å²) in [6, 6.07) is 7.69. The van der Waals surface area contributed by atoms with E-state index in [9.17, 15) is 14.4 Å². The summed E-state index contributed by atoms with van der Waals surface area (Å²) in [7, 11) is 1.62. The normalized spacial score (nSPS) is 29.6. The Hall–Kier alpha value is -2.57. The molecule has 35 heavy (non-hydrogen) atoms. The van der Waals surface area contributed by atoms with Crippen molar-refractivity contribution in [1.82, 2.24) is 15.5 Å². The topological polar surface area (TPSA) is 87.7 Å². The molecular formula is C28H39N3O4. The molecule has 4 saturated carbocycles. The molecule has 4 bridgehead atoms. The van der Waals surface area contributed by atoms with Crippen LogP contribution < -0.4 is 15.4 Å². The largest absolute Gasteiger partial charge is 0.496 e. The molecule has 5 fully saturated rings. The summed E-state index contributed by atoms with van der Waals surface area (Å²) in [6.07, 6.45) is 9.24. The van der Waals surface area contributed by atoms with Crippen molar-refractivity contribution in [3.8, 4) is 5.75 Å². The number of likely N-dealkylation sites (tertiary alicyclic amines) is 1. The number of para-hydroxylation sites is 1. The minimum absolute atomic E-state index is 0.0189. The second kappa shape index (κ2) is 10.2. The number of carbonyl (C=O) groups is 3. The van der Waals surface area contributed by atoms with Gasteiger partial charge < -0.3 is 20.3 Å². The lowest BCUT2D eigenvalue weighted by Gasteiger charge is -2.55. The van der Waals surface area contributed by atoms with Gasteiger partial charge in [-0.3, -0.25) is 14.4 Å². The number of methoxy groups -OCH3 is 1. The molecule has 0 aromatic heterocycles. The maximum Gasteiger partial charge on any atom is 0.227 e. The molecule has 0 atom stereocenters. The number of rotatable bonds is 8. The smallest absolute Gasteiger partial charge is 0.227 e. The number of nitrogens with one attached hydrogen (secondary N) is 2. The van der Waals surface area contributed by atoms with Gasteiger partial charge in [0.15, 0.2) is 0 Å². The molecule has 1 heterocycles. The van der Waals surface area contributed by atoms with E-state index in [-0.39, 0.29) is 29.2 Å². The van der Waals surface area contributed by atoms with Crippen molar-refractivity contribution in [2.45, 2.75) is 70.3 Å². The van der Waals surface area contributed by atoms with Crippen LogP contribution in [0.15, 0.2) is 24.3 Å². The summed E-state index contributed by atoms with van der Waals surface area (Å²) < 4.78 is 5.36. The summed E-state index contributed by atoms with van der Waals surface area (Å²) in [5, 5.41) is 6.21. The predicted octanol–water partition coefficient (Wildman–Crippen LogP) is 3.07. The second-order valence-electron chi connectivity index (χ2n) is 11.4. The van der Waals surface area contributed by atoms with Crippen molar-refractivity contribution >= 4 is 17.7 Å². The van der Waals surface area contributed by atoms with Crippen LogP contribution in [0, 0.1) is 23.2 Å². The molecule has 190 valence electrons. The Bertz CT molecular complexity index is 918. The number of carbonyl (C=O) groups excluding carboxylic acids is 3. The fourth-order valence-corrected chi connectivity index (χ4v) is 7.56. The fourth-order valence-electron chi connectivity index (χ4n) is 7.56. The maximum absolute atomic E-state index is 13.1. The van der Waals surface area contributed by atoms with Crippen LogP contribution in [0.4, 0.5) is 0 Å². The molecule has 6 rings (SSSR count). The zero-order valence-electron chi connectivity index (χ0n) is 20.9. The van der Waals surface area contributed by atoms with Crippen LogP contribution in [-0.2, 0) is 20.8 Å². The number of benzene rings is 1. The van der Waals surface area contributed by atoms with E-state index >= 15 is 0 Å². The fraction of sp³-hybridized carbons (Fsp3) is 0.679. The first kappa shape index (κ1) is 24.1. The van der Waals surface area contributed by atoms with Gasteiger partial charge in [-0.05, 0) is 75.2 Å². The summed E-state index contributed by atoms with van der Waals surface area (Å²) in [5.74, 6) is 3.21. The third-order valence-electron chi connectivity index (χ3n) is 8.90. The number of piperidine rings is 1. The van der Waals surface area contributed by atoms with Crippen molar-refractivity contribution in [2.75, 3.05) is 26.7 Å². The van der Waals surface area contributed by atoms with Gasteiger partial charge in [0, 0.05) is 43.1 Å². The average Bonchev–Trinajstić information content (AvgIpc) is 2.84. The third-order valence-corrected chi connectivity index (χ3v) is 8.90. The van der Waals surface area contributed by atoms with Gasteiger partial charge in [-0.1, -0.05) is 18.2 Å². The summed E-state index contributed by atoms with van der Waals surface area (Å²) in [4.78, 5) is 40.2. The number of ether oxygens (including phenoxy) is 1. The van der Waals surface area contributed by atoms with E-state index in [4.69, 9.17) is 4.74 Å². The summed E-state index contributed by atoms with van der Waals surface area (Å²) in [5.41, 5.74) is 0.736. The van der Waals surface area contributed by atoms with Gasteiger partial charge >= 0.3 is 0 Å². The van der Waals surface area contributed by atoms with E-state index < -0.39 is 0 Å². The van der Waals surface area contributed by atoms with Crippen molar-refractivity contribution < 1.29 is 19.1 Å². The SMILES string of the molecule is COc1ccccc1CC(=O)N1CCC(NC(=O)CCNC(=O)C23CC4CC(CC(C4)C2)C3)CC1. The highest BCUT2D eigenvalue weighted by molar-refractivity contribution is 5.84. The van der Waals surface area contributed by atoms with Gasteiger partial charge in [-0.2, -0.15) is 0 Å². The molecule has 1 aromatic rings. The van der Waals surface area contributed by atoms with E-state index in [1.165, 1.54) is 19.3 Å². The molecule has 3 amide bonds. The molecule has 0 unspecified atom stereocenters. The van der Waals surface area contributed by atoms with Crippen LogP contribution in [0.1, 0.15) is 63.4 Å². The molecule has 0 radical (unpaired) electrons. The lowest BCUT2D eigenvalue weighted by Crippen LogP contribution is -2.54. The zero-order valence-corrected chi connectivity index (χ0v) is 20.9. The van der Waals surface area contributed by atoms with Crippen LogP contribution in [0.5, 0.6) is 5.75 Å². The molecule has 0 spiro atoms. The molecule has 1 aromatic carbocycles. The van der Waals surface area contributed by atoms with Crippen molar-refractivity contribution in [2.24, 2.45) is 23.2 Å². The Morgan fingerprint density at radius 2 is 1.63 bits per heavy atom. The van der Waals surface area contributed by atoms with E-state index in [1.54, 1.807) is 7.11 Å². The lowest BCUT2D eigenvalue weighted by molar-refractivity contribution is -0.146. The van der Waals surface area contributed by atoms with Crippen molar-refractivity contribution in [3.05, 3.63) is 29.8 Å². The molecule has 4 aliphatic carbocycles. The van der Waals surface area contributed by atoms with Crippen molar-refractivity contribution in [1.29, 1.82) is 0 Å². The first-order valence-electron chi connectivity index (χ1n) is 13.4. The van der Waals surface area contributed by atoms with Gasteiger partial charge in [-0.15, -0.1) is 0 Å². The first-order chi connectivity index (χ1) is 16.9. The minimum Gasteiger partial charge on any atom is -0.496 e. The molecule has 7 heteroatoms. The Kier molecular flexibility index (Phi) is 7.03. The minimum atomic E-state index is -0.158. The molecule has 1 aliphatic heterocycles. The van der Waals surface area contributed by atoms with Crippen LogP contribution in [0.2, 0.25) is 0 Å². The Labute approximate surface area is 208 Å². The third kappa shape index (κ3) is 5.34. The highest BCUT2D eigenvalue weighted by atomic mass is 16.5. The van der Waals surface area contributed by atoms with E-state index in [1.807, 2.05) is 29.2 Å². The van der Waals surface area contributed by atoms with Gasteiger partial charge in [0.25, 0.3) is 0 Å². The summed E-state index contributed by atoms with van der Waals surface area (Å²) in [6.45, 7) is 1.69. The first-order valence-corrected chi connectivity index (χ1v) is 13.4. The Morgan fingerprint density at radius 3 is 2.26 bits per heavy atom. The van der Waals surface area contributed by atoms with Crippen LogP contribution in [-0.4, -0.2) is 55.4 Å². The highest BCUT2D eigenvalue weighted by Crippen LogP contribution is 2.60. The number of hydrogen-bond donors (Lipinski definition) is 2.